The van der Waals surface area contributed by atoms with Crippen LogP contribution in [0.5, 0.6) is 0 Å². The summed E-state index contributed by atoms with van der Waals surface area (Å²) in [4.78, 5) is 0. The van der Waals surface area contributed by atoms with Crippen LogP contribution in [-0.2, 0) is 5.41 Å². The summed E-state index contributed by atoms with van der Waals surface area (Å²) in [7, 11) is 0. The summed E-state index contributed by atoms with van der Waals surface area (Å²) < 4.78 is 2.74. The second-order valence-corrected chi connectivity index (χ2v) is 9.74. The van der Waals surface area contributed by atoms with E-state index in [0.717, 1.165) is 0 Å². The molecule has 0 radical (unpaired) electrons. The van der Waals surface area contributed by atoms with Crippen LogP contribution in [0.25, 0.3) is 42.4 Å². The van der Waals surface area contributed by atoms with Crippen molar-refractivity contribution in [2.45, 2.75) is 26.2 Å². The third-order valence-electron chi connectivity index (χ3n) is 5.63. The molecule has 0 atom stereocenters. The smallest absolute Gasteiger partial charge is 0.0361 e. The van der Waals surface area contributed by atoms with E-state index in [1.807, 2.05) is 11.3 Å². The normalized spacial score (nSPS) is 12.0. The minimum atomic E-state index is 0.109. The first-order valence-electron chi connectivity index (χ1n) is 10.1. The van der Waals surface area contributed by atoms with E-state index in [0.29, 0.717) is 0 Å². The molecule has 0 fully saturated rings. The van der Waals surface area contributed by atoms with Crippen LogP contribution in [-0.4, -0.2) is 0 Å². The SMILES string of the molecule is CC(C)(C)c1cccc2sc3cccc(-c4ccc(-c5ccccc5)cc4)c3c12. The van der Waals surface area contributed by atoms with Gasteiger partial charge in [-0.05, 0) is 45.4 Å². The molecule has 0 aliphatic carbocycles. The molecule has 0 bridgehead atoms. The van der Waals surface area contributed by atoms with E-state index in [-0.39, 0.29) is 5.41 Å². The van der Waals surface area contributed by atoms with Gasteiger partial charge in [0.05, 0.1) is 0 Å². The van der Waals surface area contributed by atoms with Crippen LogP contribution in [0.1, 0.15) is 26.3 Å². The Kier molecular flexibility index (Phi) is 4.29. The van der Waals surface area contributed by atoms with Crippen molar-refractivity contribution in [1.29, 1.82) is 0 Å². The van der Waals surface area contributed by atoms with Gasteiger partial charge in [-0.3, -0.25) is 0 Å². The Bertz CT molecular complexity index is 1300. The maximum Gasteiger partial charge on any atom is 0.0361 e. The van der Waals surface area contributed by atoms with Crippen molar-refractivity contribution in [3.05, 3.63) is 96.6 Å². The van der Waals surface area contributed by atoms with Crippen molar-refractivity contribution in [1.82, 2.24) is 0 Å². The Hall–Kier alpha value is -2.90. The van der Waals surface area contributed by atoms with Gasteiger partial charge in [0, 0.05) is 20.2 Å². The number of hydrogen-bond acceptors (Lipinski definition) is 1. The second-order valence-electron chi connectivity index (χ2n) is 8.65. The van der Waals surface area contributed by atoms with Gasteiger partial charge in [0.25, 0.3) is 0 Å². The second kappa shape index (κ2) is 6.86. The fraction of sp³-hybridized carbons (Fsp3) is 0.143. The van der Waals surface area contributed by atoms with E-state index in [1.54, 1.807) is 0 Å². The highest BCUT2D eigenvalue weighted by Gasteiger charge is 2.21. The standard InChI is InChI=1S/C28H24S/c1-28(2,3)23-12-8-14-25-27(23)26-22(11-7-13-24(26)29-25)21-17-15-20(16-18-21)19-9-5-4-6-10-19/h4-18H,1-3H3. The van der Waals surface area contributed by atoms with Crippen molar-refractivity contribution in [3.8, 4) is 22.3 Å². The topological polar surface area (TPSA) is 0 Å². The molecule has 0 saturated carbocycles. The minimum Gasteiger partial charge on any atom is -0.135 e. The monoisotopic (exact) mass is 392 g/mol. The van der Waals surface area contributed by atoms with E-state index in [2.05, 4.69) is 112 Å². The van der Waals surface area contributed by atoms with Crippen LogP contribution < -0.4 is 0 Å². The Balaban J connectivity index is 1.73. The Morgan fingerprint density at radius 2 is 1.10 bits per heavy atom. The van der Waals surface area contributed by atoms with E-state index >= 15 is 0 Å². The van der Waals surface area contributed by atoms with Gasteiger partial charge in [-0.1, -0.05) is 99.6 Å². The molecule has 4 aromatic carbocycles. The molecule has 0 saturated heterocycles. The lowest BCUT2D eigenvalue weighted by Crippen LogP contribution is -2.11. The first-order valence-corrected chi connectivity index (χ1v) is 10.9. The van der Waals surface area contributed by atoms with Gasteiger partial charge >= 0.3 is 0 Å². The summed E-state index contributed by atoms with van der Waals surface area (Å²) in [6.07, 6.45) is 0. The molecule has 0 spiro atoms. The lowest BCUT2D eigenvalue weighted by atomic mass is 9.83. The van der Waals surface area contributed by atoms with E-state index in [1.165, 1.54) is 48.0 Å². The van der Waals surface area contributed by atoms with Crippen molar-refractivity contribution in [3.63, 3.8) is 0 Å². The zero-order valence-electron chi connectivity index (χ0n) is 17.1. The Labute approximate surface area is 176 Å². The van der Waals surface area contributed by atoms with Gasteiger partial charge in [-0.15, -0.1) is 11.3 Å². The summed E-state index contributed by atoms with van der Waals surface area (Å²) in [5.74, 6) is 0. The summed E-state index contributed by atoms with van der Waals surface area (Å²) in [6, 6.07) is 33.1. The van der Waals surface area contributed by atoms with Crippen LogP contribution in [0.2, 0.25) is 0 Å². The highest BCUT2D eigenvalue weighted by Crippen LogP contribution is 2.44. The summed E-state index contributed by atoms with van der Waals surface area (Å²) in [5.41, 5.74) is 6.65. The van der Waals surface area contributed by atoms with Gasteiger partial charge in [-0.2, -0.15) is 0 Å². The van der Waals surface area contributed by atoms with Gasteiger partial charge in [0.15, 0.2) is 0 Å². The molecular weight excluding hydrogens is 368 g/mol. The van der Waals surface area contributed by atoms with Crippen LogP contribution >= 0.6 is 11.3 Å². The third kappa shape index (κ3) is 3.16. The first-order chi connectivity index (χ1) is 14.0. The zero-order valence-corrected chi connectivity index (χ0v) is 17.9. The highest BCUT2D eigenvalue weighted by atomic mass is 32.1. The van der Waals surface area contributed by atoms with Gasteiger partial charge in [-0.25, -0.2) is 0 Å². The third-order valence-corrected chi connectivity index (χ3v) is 6.75. The molecule has 0 N–H and O–H groups in total. The Morgan fingerprint density at radius 3 is 1.79 bits per heavy atom. The van der Waals surface area contributed by atoms with Crippen molar-refractivity contribution in [2.24, 2.45) is 0 Å². The number of thiophene rings is 1. The Morgan fingerprint density at radius 1 is 0.517 bits per heavy atom. The van der Waals surface area contributed by atoms with Crippen molar-refractivity contribution < 1.29 is 0 Å². The maximum atomic E-state index is 2.31. The van der Waals surface area contributed by atoms with Gasteiger partial charge in [0.1, 0.15) is 0 Å². The van der Waals surface area contributed by atoms with Crippen molar-refractivity contribution in [2.75, 3.05) is 0 Å². The predicted molar refractivity (Wildman–Crippen MR) is 129 cm³/mol. The molecule has 0 aliphatic heterocycles. The van der Waals surface area contributed by atoms with E-state index in [9.17, 15) is 0 Å². The average molecular weight is 393 g/mol. The molecule has 0 amide bonds. The fourth-order valence-corrected chi connectivity index (χ4v) is 5.36. The minimum absolute atomic E-state index is 0.109. The number of hydrogen-bond donors (Lipinski definition) is 0. The summed E-state index contributed by atoms with van der Waals surface area (Å²) in [6.45, 7) is 6.92. The fourth-order valence-electron chi connectivity index (χ4n) is 4.20. The molecule has 0 nitrogen and oxygen atoms in total. The van der Waals surface area contributed by atoms with Crippen LogP contribution in [0.3, 0.4) is 0 Å². The lowest BCUT2D eigenvalue weighted by molar-refractivity contribution is 0.596. The average Bonchev–Trinajstić information content (AvgIpc) is 3.12. The van der Waals surface area contributed by atoms with Gasteiger partial charge in [0.2, 0.25) is 0 Å². The summed E-state index contributed by atoms with van der Waals surface area (Å²) >= 11 is 1.90. The van der Waals surface area contributed by atoms with Crippen LogP contribution in [0.15, 0.2) is 91.0 Å². The molecule has 0 unspecified atom stereocenters. The zero-order chi connectivity index (χ0) is 20.0. The summed E-state index contributed by atoms with van der Waals surface area (Å²) in [5, 5.41) is 2.81. The maximum absolute atomic E-state index is 2.31. The molecule has 5 rings (SSSR count). The molecule has 1 aromatic heterocycles. The molecule has 5 aromatic rings. The largest absolute Gasteiger partial charge is 0.135 e. The molecule has 29 heavy (non-hydrogen) atoms. The van der Waals surface area contributed by atoms with Crippen LogP contribution in [0.4, 0.5) is 0 Å². The van der Waals surface area contributed by atoms with Gasteiger partial charge < -0.3 is 0 Å². The van der Waals surface area contributed by atoms with E-state index in [4.69, 9.17) is 0 Å². The highest BCUT2D eigenvalue weighted by molar-refractivity contribution is 7.26. The predicted octanol–water partition coefficient (Wildman–Crippen LogP) is 8.69. The number of fused-ring (bicyclic) bond motifs is 3. The van der Waals surface area contributed by atoms with E-state index < -0.39 is 0 Å². The van der Waals surface area contributed by atoms with Crippen molar-refractivity contribution >= 4 is 31.5 Å². The van der Waals surface area contributed by atoms with Crippen LogP contribution in [0, 0.1) is 0 Å². The molecule has 1 heterocycles. The first kappa shape index (κ1) is 18.1. The molecule has 142 valence electrons. The number of rotatable bonds is 2. The quantitative estimate of drug-likeness (QED) is 0.282. The number of benzene rings is 4. The molecule has 1 heteroatoms. The lowest BCUT2D eigenvalue weighted by Gasteiger charge is -2.21. The molecular formula is C28H24S. The molecule has 0 aliphatic rings.